The molecule has 0 aromatic rings. The van der Waals surface area contributed by atoms with Crippen molar-refractivity contribution in [3.8, 4) is 0 Å². The van der Waals surface area contributed by atoms with Crippen molar-refractivity contribution < 1.29 is 24.2 Å². The summed E-state index contributed by atoms with van der Waals surface area (Å²) in [6.07, 6.45) is 8.19. The van der Waals surface area contributed by atoms with Crippen molar-refractivity contribution in [1.82, 2.24) is 0 Å². The van der Waals surface area contributed by atoms with Crippen molar-refractivity contribution in [3.05, 3.63) is 24.3 Å². The molecule has 1 fully saturated rings. The summed E-state index contributed by atoms with van der Waals surface area (Å²) in [4.78, 5) is 23.2. The summed E-state index contributed by atoms with van der Waals surface area (Å²) in [6.45, 7) is 3.44. The quantitative estimate of drug-likeness (QED) is 0.631. The van der Waals surface area contributed by atoms with Gasteiger partial charge in [0.05, 0.1) is 18.6 Å². The minimum absolute atomic E-state index is 0.0309. The summed E-state index contributed by atoms with van der Waals surface area (Å²) < 4.78 is 10.4. The molecule has 120 valence electrons. The summed E-state index contributed by atoms with van der Waals surface area (Å²) in [7, 11) is 0. The lowest BCUT2D eigenvalue weighted by Crippen LogP contribution is -2.51. The number of allylic oxidation sites excluding steroid dienone is 2. The van der Waals surface area contributed by atoms with Crippen LogP contribution < -0.4 is 0 Å². The van der Waals surface area contributed by atoms with E-state index in [2.05, 4.69) is 12.2 Å². The Balaban J connectivity index is 1.88. The van der Waals surface area contributed by atoms with Gasteiger partial charge in [0.2, 0.25) is 0 Å². The molecule has 22 heavy (non-hydrogen) atoms. The molecule has 0 aromatic heterocycles. The summed E-state index contributed by atoms with van der Waals surface area (Å²) in [5.74, 6) is -0.290. The second kappa shape index (κ2) is 5.54. The third-order valence-corrected chi connectivity index (χ3v) is 5.09. The molecule has 3 rings (SSSR count). The first-order chi connectivity index (χ1) is 10.4. The van der Waals surface area contributed by atoms with Gasteiger partial charge in [-0.15, -0.1) is 0 Å². The van der Waals surface area contributed by atoms with Crippen LogP contribution in [0.25, 0.3) is 0 Å². The number of aliphatic hydroxyl groups is 1. The highest BCUT2D eigenvalue weighted by molar-refractivity contribution is 5.71. The highest BCUT2D eigenvalue weighted by atomic mass is 16.5. The van der Waals surface area contributed by atoms with Gasteiger partial charge in [0, 0.05) is 18.8 Å². The number of hydrogen-bond donors (Lipinski definition) is 1. The first kappa shape index (κ1) is 15.3. The Morgan fingerprint density at radius 1 is 1.27 bits per heavy atom. The van der Waals surface area contributed by atoms with Gasteiger partial charge in [0.15, 0.2) is 0 Å². The van der Waals surface area contributed by atoms with Gasteiger partial charge in [-0.1, -0.05) is 18.2 Å². The number of rotatable bonds is 4. The fourth-order valence-electron chi connectivity index (χ4n) is 4.44. The fraction of sp³-hybridized carbons (Fsp3) is 0.647. The van der Waals surface area contributed by atoms with Gasteiger partial charge < -0.3 is 14.6 Å². The average Bonchev–Trinajstić information content (AvgIpc) is 3.03. The van der Waals surface area contributed by atoms with Crippen molar-refractivity contribution in [2.75, 3.05) is 6.61 Å². The Labute approximate surface area is 130 Å². The van der Waals surface area contributed by atoms with Crippen LogP contribution in [0, 0.1) is 23.7 Å². The van der Waals surface area contributed by atoms with Crippen LogP contribution in [0.5, 0.6) is 0 Å². The number of esters is 2. The number of fused-ring (bicyclic) bond motifs is 5. The molecule has 0 unspecified atom stereocenters. The predicted molar refractivity (Wildman–Crippen MR) is 78.6 cm³/mol. The highest BCUT2D eigenvalue weighted by Crippen LogP contribution is 2.57. The van der Waals surface area contributed by atoms with Crippen molar-refractivity contribution in [2.24, 2.45) is 23.7 Å². The molecule has 2 bridgehead atoms. The lowest BCUT2D eigenvalue weighted by Gasteiger charge is -2.44. The molecule has 0 spiro atoms. The smallest absolute Gasteiger partial charge is 0.309 e. The Morgan fingerprint density at radius 2 is 2.00 bits per heavy atom. The van der Waals surface area contributed by atoms with Crippen molar-refractivity contribution in [1.29, 1.82) is 0 Å². The van der Waals surface area contributed by atoms with Crippen molar-refractivity contribution >= 4 is 11.9 Å². The zero-order chi connectivity index (χ0) is 15.9. The zero-order valence-electron chi connectivity index (χ0n) is 12.9. The molecule has 3 aliphatic carbocycles. The first-order valence-corrected chi connectivity index (χ1v) is 7.87. The van der Waals surface area contributed by atoms with Gasteiger partial charge >= 0.3 is 11.9 Å². The van der Waals surface area contributed by atoms with E-state index in [9.17, 15) is 14.7 Å². The lowest BCUT2D eigenvalue weighted by atomic mass is 9.65. The third kappa shape index (κ3) is 2.47. The predicted octanol–water partition coefficient (Wildman–Crippen LogP) is 1.61. The molecule has 1 saturated carbocycles. The maximum absolute atomic E-state index is 11.9. The number of carbonyl (C=O) groups is 2. The van der Waals surface area contributed by atoms with Gasteiger partial charge in [-0.25, -0.2) is 0 Å². The van der Waals surface area contributed by atoms with Crippen LogP contribution in [-0.2, 0) is 19.1 Å². The molecule has 5 nitrogen and oxygen atoms in total. The Bertz CT molecular complexity index is 537. The van der Waals surface area contributed by atoms with E-state index in [-0.39, 0.29) is 42.2 Å². The molecular weight excluding hydrogens is 284 g/mol. The molecular formula is C17H22O5. The monoisotopic (exact) mass is 306 g/mol. The third-order valence-electron chi connectivity index (χ3n) is 5.09. The van der Waals surface area contributed by atoms with Gasteiger partial charge in [0.25, 0.3) is 0 Å². The molecule has 3 aliphatic rings. The van der Waals surface area contributed by atoms with E-state index >= 15 is 0 Å². The van der Waals surface area contributed by atoms with E-state index in [1.807, 2.05) is 0 Å². The van der Waals surface area contributed by atoms with E-state index in [1.165, 1.54) is 6.92 Å². The molecule has 0 heterocycles. The fourth-order valence-corrected chi connectivity index (χ4v) is 4.44. The summed E-state index contributed by atoms with van der Waals surface area (Å²) in [6, 6.07) is 0. The van der Waals surface area contributed by atoms with Gasteiger partial charge in [-0.2, -0.15) is 0 Å². The van der Waals surface area contributed by atoms with Crippen molar-refractivity contribution in [3.63, 3.8) is 0 Å². The maximum atomic E-state index is 11.9. The minimum atomic E-state index is -1.22. The normalized spacial score (nSPS) is 41.3. The first-order valence-electron chi connectivity index (χ1n) is 7.87. The molecule has 0 amide bonds. The van der Waals surface area contributed by atoms with Gasteiger partial charge in [-0.05, 0) is 31.3 Å². The minimum Gasteiger partial charge on any atom is -0.466 e. The summed E-state index contributed by atoms with van der Waals surface area (Å²) >= 11 is 0. The Kier molecular flexibility index (Phi) is 3.85. The van der Waals surface area contributed by atoms with Crippen LogP contribution in [-0.4, -0.2) is 35.4 Å². The van der Waals surface area contributed by atoms with Crippen LogP contribution in [0.4, 0.5) is 0 Å². The van der Waals surface area contributed by atoms with E-state index in [1.54, 1.807) is 19.1 Å². The van der Waals surface area contributed by atoms with Crippen LogP contribution in [0.2, 0.25) is 0 Å². The molecule has 0 radical (unpaired) electrons. The molecule has 0 aromatic carbocycles. The lowest BCUT2D eigenvalue weighted by molar-refractivity contribution is -0.157. The largest absolute Gasteiger partial charge is 0.466 e. The van der Waals surface area contributed by atoms with E-state index < -0.39 is 11.6 Å². The summed E-state index contributed by atoms with van der Waals surface area (Å²) in [5.41, 5.74) is -1.22. The van der Waals surface area contributed by atoms with E-state index in [0.29, 0.717) is 6.61 Å². The second-order valence-corrected chi connectivity index (χ2v) is 6.46. The van der Waals surface area contributed by atoms with Crippen LogP contribution >= 0.6 is 0 Å². The van der Waals surface area contributed by atoms with E-state index in [0.717, 1.165) is 6.42 Å². The van der Waals surface area contributed by atoms with Crippen molar-refractivity contribution in [2.45, 2.75) is 38.4 Å². The number of ether oxygens (including phenoxy) is 2. The number of hydrogen-bond acceptors (Lipinski definition) is 5. The second-order valence-electron chi connectivity index (χ2n) is 6.46. The van der Waals surface area contributed by atoms with Crippen LogP contribution in [0.15, 0.2) is 24.3 Å². The SMILES string of the molecule is CCOC(=O)C[C@]1(O)C=C[C@@H](OC(C)=O)[C@@H]2[C@H]1[C@@H]1C=C[C@H]2C1. The van der Waals surface area contributed by atoms with Crippen LogP contribution in [0.3, 0.4) is 0 Å². The maximum Gasteiger partial charge on any atom is 0.309 e. The van der Waals surface area contributed by atoms with Gasteiger partial charge in [-0.3, -0.25) is 9.59 Å². The molecule has 6 atom stereocenters. The Hall–Kier alpha value is -1.62. The summed E-state index contributed by atoms with van der Waals surface area (Å²) in [5, 5.41) is 11.1. The van der Waals surface area contributed by atoms with E-state index in [4.69, 9.17) is 9.47 Å². The van der Waals surface area contributed by atoms with Crippen LogP contribution in [0.1, 0.15) is 26.7 Å². The zero-order valence-corrected chi connectivity index (χ0v) is 12.9. The molecule has 5 heteroatoms. The highest BCUT2D eigenvalue weighted by Gasteiger charge is 2.58. The average molecular weight is 306 g/mol. The molecule has 1 N–H and O–H groups in total. The Morgan fingerprint density at radius 3 is 2.68 bits per heavy atom. The topological polar surface area (TPSA) is 72.8 Å². The molecule has 0 saturated heterocycles. The standard InChI is InChI=1S/C17H22O5/c1-3-21-14(19)9-17(20)7-6-13(22-10(2)18)15-11-4-5-12(8-11)16(15)17/h4-7,11-13,15-16,20H,3,8-9H2,1-2H3/t11-,12+,13+,15+,16+,17+/m0/s1. The van der Waals surface area contributed by atoms with Gasteiger partial charge in [0.1, 0.15) is 6.10 Å². The number of carbonyl (C=O) groups excluding carboxylic acids is 2. The molecule has 0 aliphatic heterocycles.